The van der Waals surface area contributed by atoms with E-state index in [1.54, 1.807) is 0 Å². The fraction of sp³-hybridized carbons (Fsp3) is 0.833. The van der Waals surface area contributed by atoms with Crippen molar-refractivity contribution < 1.29 is 0 Å². The number of hydrogen-bond donors (Lipinski definition) is 1. The Morgan fingerprint density at radius 2 is 1.67 bits per heavy atom. The zero-order valence-corrected chi connectivity index (χ0v) is 14.5. The lowest BCUT2D eigenvalue weighted by molar-refractivity contribution is 0.454. The van der Waals surface area contributed by atoms with Gasteiger partial charge >= 0.3 is 0 Å². The topological polar surface area (TPSA) is 24.9 Å². The molecule has 0 bridgehead atoms. The molecule has 2 aliphatic rings. The average Bonchev–Trinajstić information content (AvgIpc) is 3.17. The van der Waals surface area contributed by atoms with Crippen LogP contribution >= 0.6 is 11.3 Å². The Morgan fingerprint density at radius 1 is 1.00 bits per heavy atom. The third kappa shape index (κ3) is 4.29. The van der Waals surface area contributed by atoms with Crippen LogP contribution in [-0.2, 0) is 6.54 Å². The summed E-state index contributed by atoms with van der Waals surface area (Å²) in [7, 11) is 0. The van der Waals surface area contributed by atoms with E-state index in [0.29, 0.717) is 6.04 Å². The molecule has 1 aromatic rings. The van der Waals surface area contributed by atoms with Crippen LogP contribution in [0.5, 0.6) is 0 Å². The van der Waals surface area contributed by atoms with E-state index in [2.05, 4.69) is 19.2 Å². The summed E-state index contributed by atoms with van der Waals surface area (Å²) in [6.45, 7) is 5.48. The van der Waals surface area contributed by atoms with Crippen molar-refractivity contribution in [3.63, 3.8) is 0 Å². The summed E-state index contributed by atoms with van der Waals surface area (Å²) in [5, 5.41) is 5.05. The van der Waals surface area contributed by atoms with E-state index < -0.39 is 0 Å². The van der Waals surface area contributed by atoms with Gasteiger partial charge in [-0.1, -0.05) is 46.0 Å². The molecule has 2 nitrogen and oxygen atoms in total. The van der Waals surface area contributed by atoms with Gasteiger partial charge in [0.15, 0.2) is 0 Å². The highest BCUT2D eigenvalue weighted by molar-refractivity contribution is 7.11. The summed E-state index contributed by atoms with van der Waals surface area (Å²) in [6.07, 6.45) is 12.6. The first-order valence-corrected chi connectivity index (χ1v) is 9.78. The van der Waals surface area contributed by atoms with Crippen molar-refractivity contribution in [2.24, 2.45) is 0 Å². The second kappa shape index (κ2) is 7.23. The number of nitrogens with one attached hydrogen (secondary N) is 1. The van der Waals surface area contributed by atoms with E-state index >= 15 is 0 Å². The van der Waals surface area contributed by atoms with Crippen LogP contribution in [0.25, 0.3) is 0 Å². The van der Waals surface area contributed by atoms with E-state index in [-0.39, 0.29) is 0 Å². The van der Waals surface area contributed by atoms with Crippen LogP contribution in [0.2, 0.25) is 0 Å². The summed E-state index contributed by atoms with van der Waals surface area (Å²) in [5.74, 6) is 1.54. The van der Waals surface area contributed by atoms with Gasteiger partial charge in [0, 0.05) is 29.3 Å². The zero-order valence-electron chi connectivity index (χ0n) is 13.7. The molecule has 0 spiro atoms. The van der Waals surface area contributed by atoms with Gasteiger partial charge in [-0.25, -0.2) is 4.98 Å². The Labute approximate surface area is 133 Å². The SMILES string of the molecule is CC(C)NCc1sc(C2CCCCCCC2)nc1C1CC1. The maximum absolute atomic E-state index is 5.12. The molecule has 2 saturated carbocycles. The molecule has 3 heteroatoms. The average molecular weight is 307 g/mol. The zero-order chi connectivity index (χ0) is 14.7. The van der Waals surface area contributed by atoms with Crippen LogP contribution in [0.4, 0.5) is 0 Å². The lowest BCUT2D eigenvalue weighted by atomic mass is 9.92. The predicted molar refractivity (Wildman–Crippen MR) is 91.1 cm³/mol. The molecular weight excluding hydrogens is 276 g/mol. The second-order valence-corrected chi connectivity index (χ2v) is 8.33. The molecule has 0 unspecified atom stereocenters. The summed E-state index contributed by atoms with van der Waals surface area (Å²) < 4.78 is 0. The Hall–Kier alpha value is -0.410. The number of aromatic nitrogens is 1. The lowest BCUT2D eigenvalue weighted by Gasteiger charge is -2.17. The van der Waals surface area contributed by atoms with Crippen LogP contribution in [0.1, 0.15) is 99.0 Å². The van der Waals surface area contributed by atoms with Gasteiger partial charge in [0.25, 0.3) is 0 Å². The fourth-order valence-electron chi connectivity index (χ4n) is 3.36. The molecule has 0 saturated heterocycles. The van der Waals surface area contributed by atoms with Gasteiger partial charge in [-0.05, 0) is 25.7 Å². The molecule has 1 N–H and O–H groups in total. The second-order valence-electron chi connectivity index (χ2n) is 7.21. The van der Waals surface area contributed by atoms with E-state index in [1.807, 2.05) is 11.3 Å². The summed E-state index contributed by atoms with van der Waals surface area (Å²) in [4.78, 5) is 6.66. The van der Waals surface area contributed by atoms with E-state index in [9.17, 15) is 0 Å². The fourth-order valence-corrected chi connectivity index (χ4v) is 4.63. The highest BCUT2D eigenvalue weighted by Gasteiger charge is 2.30. The Balaban J connectivity index is 1.73. The molecule has 118 valence electrons. The standard InChI is InChI=1S/C18H30N2S/c1-13(2)19-12-16-17(14-10-11-14)20-18(21-16)15-8-6-4-3-5-7-9-15/h13-15,19H,3-12H2,1-2H3. The molecule has 1 heterocycles. The van der Waals surface area contributed by atoms with Crippen molar-refractivity contribution in [1.82, 2.24) is 10.3 Å². The molecule has 21 heavy (non-hydrogen) atoms. The van der Waals surface area contributed by atoms with Gasteiger partial charge < -0.3 is 5.32 Å². The van der Waals surface area contributed by atoms with Crippen LogP contribution in [0.3, 0.4) is 0 Å². The molecule has 2 aliphatic carbocycles. The van der Waals surface area contributed by atoms with E-state index in [4.69, 9.17) is 4.98 Å². The predicted octanol–water partition coefficient (Wildman–Crippen LogP) is 5.35. The Bertz CT molecular complexity index is 440. The minimum atomic E-state index is 0.559. The van der Waals surface area contributed by atoms with Crippen molar-refractivity contribution in [3.8, 4) is 0 Å². The summed E-state index contributed by atoms with van der Waals surface area (Å²) in [5.41, 5.74) is 1.45. The summed E-state index contributed by atoms with van der Waals surface area (Å²) >= 11 is 2.02. The minimum absolute atomic E-state index is 0.559. The van der Waals surface area contributed by atoms with E-state index in [1.165, 1.54) is 73.4 Å². The minimum Gasteiger partial charge on any atom is -0.310 e. The Morgan fingerprint density at radius 3 is 2.29 bits per heavy atom. The summed E-state index contributed by atoms with van der Waals surface area (Å²) in [6, 6.07) is 0.559. The monoisotopic (exact) mass is 306 g/mol. The first-order chi connectivity index (χ1) is 10.2. The van der Waals surface area contributed by atoms with E-state index in [0.717, 1.165) is 18.4 Å². The van der Waals surface area contributed by atoms with Crippen molar-refractivity contribution in [1.29, 1.82) is 0 Å². The van der Waals surface area contributed by atoms with Gasteiger partial charge in [-0.15, -0.1) is 11.3 Å². The van der Waals surface area contributed by atoms with Gasteiger partial charge in [0.1, 0.15) is 0 Å². The van der Waals surface area contributed by atoms with Crippen molar-refractivity contribution in [2.75, 3.05) is 0 Å². The molecule has 0 atom stereocenters. The molecule has 1 aromatic heterocycles. The normalized spacial score (nSPS) is 21.5. The van der Waals surface area contributed by atoms with Crippen molar-refractivity contribution >= 4 is 11.3 Å². The third-order valence-corrected chi connectivity index (χ3v) is 6.07. The number of thiazole rings is 1. The molecular formula is C18H30N2S. The highest BCUT2D eigenvalue weighted by atomic mass is 32.1. The van der Waals surface area contributed by atoms with Gasteiger partial charge in [-0.2, -0.15) is 0 Å². The van der Waals surface area contributed by atoms with Crippen LogP contribution < -0.4 is 5.32 Å². The number of nitrogens with zero attached hydrogens (tertiary/aromatic N) is 1. The Kier molecular flexibility index (Phi) is 5.33. The molecule has 0 aliphatic heterocycles. The lowest BCUT2D eigenvalue weighted by Crippen LogP contribution is -2.21. The quantitative estimate of drug-likeness (QED) is 0.793. The van der Waals surface area contributed by atoms with Crippen LogP contribution in [0.15, 0.2) is 0 Å². The largest absolute Gasteiger partial charge is 0.310 e. The first-order valence-electron chi connectivity index (χ1n) is 8.97. The van der Waals surface area contributed by atoms with Gasteiger partial charge in [-0.3, -0.25) is 0 Å². The maximum Gasteiger partial charge on any atom is 0.0962 e. The van der Waals surface area contributed by atoms with Crippen LogP contribution in [-0.4, -0.2) is 11.0 Å². The molecule has 0 amide bonds. The van der Waals surface area contributed by atoms with Crippen LogP contribution in [0, 0.1) is 0 Å². The third-order valence-electron chi connectivity index (χ3n) is 4.83. The highest BCUT2D eigenvalue weighted by Crippen LogP contribution is 2.44. The molecule has 0 aromatic carbocycles. The molecule has 3 rings (SSSR count). The number of rotatable bonds is 5. The maximum atomic E-state index is 5.12. The molecule has 0 radical (unpaired) electrons. The van der Waals surface area contributed by atoms with Crippen molar-refractivity contribution in [2.45, 2.75) is 96.1 Å². The van der Waals surface area contributed by atoms with Gasteiger partial charge in [0.05, 0.1) is 10.7 Å². The smallest absolute Gasteiger partial charge is 0.0962 e. The molecule has 2 fully saturated rings. The van der Waals surface area contributed by atoms with Gasteiger partial charge in [0.2, 0.25) is 0 Å². The van der Waals surface area contributed by atoms with Crippen molar-refractivity contribution in [3.05, 3.63) is 15.6 Å². The number of hydrogen-bond acceptors (Lipinski definition) is 3. The first kappa shape index (κ1) is 15.5.